The minimum atomic E-state index is -0.791. The highest BCUT2D eigenvalue weighted by Crippen LogP contribution is 2.39. The largest absolute Gasteiger partial charge is 0.454 e. The maximum absolute atomic E-state index is 12.6. The third-order valence-corrected chi connectivity index (χ3v) is 8.20. The van der Waals surface area contributed by atoms with E-state index in [1.807, 2.05) is 36.3 Å². The van der Waals surface area contributed by atoms with Crippen LogP contribution in [0.5, 0.6) is 0 Å². The first-order valence-electron chi connectivity index (χ1n) is 13.8. The van der Waals surface area contributed by atoms with Crippen LogP contribution in [0.15, 0.2) is 60.1 Å². The normalized spacial score (nSPS) is 19.6. The van der Waals surface area contributed by atoms with Crippen LogP contribution in [-0.2, 0) is 36.6 Å². The number of hydrogen-bond acceptors (Lipinski definition) is 8. The molecule has 2 fully saturated rings. The molecule has 1 N–H and O–H groups in total. The molecule has 2 aliphatic rings. The quantitative estimate of drug-likeness (QED) is 0.182. The van der Waals surface area contributed by atoms with Crippen molar-refractivity contribution in [2.24, 2.45) is 0 Å². The number of hydrogen-bond donors (Lipinski definition) is 1. The Hall–Kier alpha value is -3.27. The first kappa shape index (κ1) is 28.3. The lowest BCUT2D eigenvalue weighted by Gasteiger charge is -2.42. The van der Waals surface area contributed by atoms with Crippen molar-refractivity contribution in [3.63, 3.8) is 0 Å². The standard InChI is InChI=1S/C31H37N3O5S/c1-22(35)39-31(20-37-30(2,3)38-21-31)15-14-24-6-10-25(11-7-24)27-19-28(36)34(27)26-12-8-23(9-13-26)5-4-16-32-29-33-17-18-40-29/h6-13,17-18,27H,4-5,14-16,19-21H2,1-3H3,(H,32,33). The average molecular weight is 564 g/mol. The summed E-state index contributed by atoms with van der Waals surface area (Å²) in [6.45, 7) is 6.62. The van der Waals surface area contributed by atoms with Gasteiger partial charge in [0.2, 0.25) is 5.91 Å². The summed E-state index contributed by atoms with van der Waals surface area (Å²) >= 11 is 1.61. The lowest BCUT2D eigenvalue weighted by Crippen LogP contribution is -2.53. The van der Waals surface area contributed by atoms with Crippen LogP contribution in [-0.4, -0.2) is 48.0 Å². The molecule has 1 unspecified atom stereocenters. The van der Waals surface area contributed by atoms with Crippen molar-refractivity contribution in [2.75, 3.05) is 30.0 Å². The molecule has 1 aromatic heterocycles. The van der Waals surface area contributed by atoms with Crippen LogP contribution in [0.4, 0.5) is 10.8 Å². The molecule has 9 heteroatoms. The first-order chi connectivity index (χ1) is 19.2. The van der Waals surface area contributed by atoms with Crippen LogP contribution in [0.25, 0.3) is 0 Å². The van der Waals surface area contributed by atoms with E-state index < -0.39 is 11.4 Å². The molecule has 8 nitrogen and oxygen atoms in total. The van der Waals surface area contributed by atoms with Crippen LogP contribution < -0.4 is 10.2 Å². The van der Waals surface area contributed by atoms with Crippen LogP contribution in [0.3, 0.4) is 0 Å². The summed E-state index contributed by atoms with van der Waals surface area (Å²) in [4.78, 5) is 30.5. The van der Waals surface area contributed by atoms with Gasteiger partial charge in [0.05, 0.1) is 25.7 Å². The highest BCUT2D eigenvalue weighted by molar-refractivity contribution is 7.13. The molecule has 2 aliphatic heterocycles. The van der Waals surface area contributed by atoms with Gasteiger partial charge < -0.3 is 24.4 Å². The number of ether oxygens (including phenoxy) is 3. The van der Waals surface area contributed by atoms with Crippen LogP contribution in [0, 0.1) is 0 Å². The number of nitrogens with zero attached hydrogens (tertiary/aromatic N) is 2. The van der Waals surface area contributed by atoms with Gasteiger partial charge >= 0.3 is 5.97 Å². The van der Waals surface area contributed by atoms with E-state index in [9.17, 15) is 9.59 Å². The van der Waals surface area contributed by atoms with Gasteiger partial charge in [-0.1, -0.05) is 36.4 Å². The molecule has 3 heterocycles. The molecular weight excluding hydrogens is 526 g/mol. The van der Waals surface area contributed by atoms with Gasteiger partial charge in [-0.05, 0) is 68.4 Å². The Morgan fingerprint density at radius 2 is 1.75 bits per heavy atom. The zero-order chi connectivity index (χ0) is 28.2. The molecule has 40 heavy (non-hydrogen) atoms. The number of amides is 1. The van der Waals surface area contributed by atoms with Gasteiger partial charge in [-0.15, -0.1) is 11.3 Å². The summed E-state index contributed by atoms with van der Waals surface area (Å²) in [5.41, 5.74) is 3.63. The molecule has 212 valence electrons. The number of rotatable bonds is 11. The predicted molar refractivity (Wildman–Crippen MR) is 155 cm³/mol. The maximum Gasteiger partial charge on any atom is 0.303 e. The highest BCUT2D eigenvalue weighted by atomic mass is 32.1. The van der Waals surface area contributed by atoms with E-state index in [-0.39, 0.29) is 17.9 Å². The maximum atomic E-state index is 12.6. The van der Waals surface area contributed by atoms with E-state index in [0.29, 0.717) is 26.1 Å². The van der Waals surface area contributed by atoms with Gasteiger partial charge in [0, 0.05) is 30.7 Å². The molecule has 1 atom stereocenters. The molecule has 0 bridgehead atoms. The van der Waals surface area contributed by atoms with Gasteiger partial charge in [-0.3, -0.25) is 9.59 Å². The number of nitrogens with one attached hydrogen (secondary N) is 1. The molecule has 0 aliphatic carbocycles. The van der Waals surface area contributed by atoms with Crippen molar-refractivity contribution in [3.8, 4) is 0 Å². The zero-order valence-corrected chi connectivity index (χ0v) is 24.2. The molecule has 0 saturated carbocycles. The van der Waals surface area contributed by atoms with Gasteiger partial charge in [-0.2, -0.15) is 0 Å². The molecule has 2 saturated heterocycles. The Balaban J connectivity index is 1.15. The number of β-lactam (4-membered cyclic amide) rings is 1. The fourth-order valence-corrected chi connectivity index (χ4v) is 5.72. The number of aryl methyl sites for hydroxylation is 2. The molecule has 1 amide bonds. The second-order valence-corrected chi connectivity index (χ2v) is 11.9. The Morgan fingerprint density at radius 1 is 1.07 bits per heavy atom. The lowest BCUT2D eigenvalue weighted by molar-refractivity contribution is -0.305. The Morgan fingerprint density at radius 3 is 2.38 bits per heavy atom. The second-order valence-electron chi connectivity index (χ2n) is 11.0. The molecular formula is C31H37N3O5S. The first-order valence-corrected chi connectivity index (χ1v) is 14.7. The third kappa shape index (κ3) is 6.89. The Bertz CT molecular complexity index is 1280. The predicted octanol–water partition coefficient (Wildman–Crippen LogP) is 5.68. The summed E-state index contributed by atoms with van der Waals surface area (Å²) in [7, 11) is 0. The van der Waals surface area contributed by atoms with Crippen LogP contribution in [0.2, 0.25) is 0 Å². The summed E-state index contributed by atoms with van der Waals surface area (Å²) in [6.07, 6.45) is 5.60. The minimum Gasteiger partial charge on any atom is -0.454 e. The molecule has 5 rings (SSSR count). The van der Waals surface area contributed by atoms with Gasteiger partial charge in [0.25, 0.3) is 0 Å². The van der Waals surface area contributed by atoms with Gasteiger partial charge in [-0.25, -0.2) is 4.98 Å². The van der Waals surface area contributed by atoms with E-state index in [0.717, 1.165) is 47.8 Å². The van der Waals surface area contributed by atoms with Crippen molar-refractivity contribution >= 4 is 34.0 Å². The van der Waals surface area contributed by atoms with Crippen molar-refractivity contribution in [3.05, 3.63) is 76.8 Å². The van der Waals surface area contributed by atoms with E-state index >= 15 is 0 Å². The van der Waals surface area contributed by atoms with Crippen molar-refractivity contribution in [1.29, 1.82) is 0 Å². The number of aromatic nitrogens is 1. The van der Waals surface area contributed by atoms with E-state index in [1.54, 1.807) is 17.5 Å². The summed E-state index contributed by atoms with van der Waals surface area (Å²) < 4.78 is 17.3. The van der Waals surface area contributed by atoms with Gasteiger partial charge in [0.1, 0.15) is 0 Å². The smallest absolute Gasteiger partial charge is 0.303 e. The van der Waals surface area contributed by atoms with Crippen LogP contribution >= 0.6 is 11.3 Å². The molecule has 0 radical (unpaired) electrons. The number of carbonyl (C=O) groups is 2. The summed E-state index contributed by atoms with van der Waals surface area (Å²) in [6, 6.07) is 16.7. The fourth-order valence-electron chi connectivity index (χ4n) is 5.16. The summed E-state index contributed by atoms with van der Waals surface area (Å²) in [5, 5.41) is 6.25. The number of benzene rings is 2. The molecule has 2 aromatic carbocycles. The van der Waals surface area contributed by atoms with E-state index in [4.69, 9.17) is 14.2 Å². The van der Waals surface area contributed by atoms with E-state index in [1.165, 1.54) is 12.5 Å². The SMILES string of the molecule is CC(=O)OC1(CCc2ccc(C3CC(=O)N3c3ccc(CCCNc4nccs4)cc3)cc2)COC(C)(C)OC1. The summed E-state index contributed by atoms with van der Waals surface area (Å²) in [5.74, 6) is -0.885. The molecule has 0 spiro atoms. The van der Waals surface area contributed by atoms with Crippen molar-refractivity contribution < 1.29 is 23.8 Å². The van der Waals surface area contributed by atoms with Crippen molar-refractivity contribution in [1.82, 2.24) is 4.98 Å². The third-order valence-electron chi connectivity index (χ3n) is 7.47. The number of anilines is 2. The minimum absolute atomic E-state index is 0.0321. The number of esters is 1. The lowest BCUT2D eigenvalue weighted by atomic mass is 9.90. The Kier molecular flexibility index (Phi) is 8.54. The fraction of sp³-hybridized carbons (Fsp3) is 0.452. The molecule has 3 aromatic rings. The van der Waals surface area contributed by atoms with E-state index in [2.05, 4.69) is 46.7 Å². The average Bonchev–Trinajstić information content (AvgIpc) is 3.45. The van der Waals surface area contributed by atoms with Crippen molar-refractivity contribution in [2.45, 2.75) is 70.3 Å². The zero-order valence-electron chi connectivity index (χ0n) is 23.4. The van der Waals surface area contributed by atoms with Crippen LogP contribution in [0.1, 0.15) is 62.8 Å². The number of carbonyl (C=O) groups excluding carboxylic acids is 2. The topological polar surface area (TPSA) is 90.0 Å². The number of thiazole rings is 1. The Labute approximate surface area is 239 Å². The monoisotopic (exact) mass is 563 g/mol. The highest BCUT2D eigenvalue weighted by Gasteiger charge is 2.42. The second kappa shape index (κ2) is 12.1. The van der Waals surface area contributed by atoms with Gasteiger partial charge in [0.15, 0.2) is 16.5 Å².